The number of nitrogens with zero attached hydrogens (tertiary/aromatic N) is 1. The first-order chi connectivity index (χ1) is 17.8. The van der Waals surface area contributed by atoms with Crippen LogP contribution in [0, 0.1) is 17.3 Å². The molecular formula is C31H36ClNO4. The molecule has 4 bridgehead atoms. The van der Waals surface area contributed by atoms with E-state index in [-0.39, 0.29) is 28.6 Å². The molecule has 2 aromatic carbocycles. The van der Waals surface area contributed by atoms with Gasteiger partial charge in [-0.1, -0.05) is 29.8 Å². The Morgan fingerprint density at radius 2 is 2.03 bits per heavy atom. The molecule has 196 valence electrons. The minimum Gasteiger partial charge on any atom is -0.504 e. The SMILES string of the molecule is CO[C@]12CC[C@@]3(C[C@@H]1[C@](C)(O)c1cccc(Cl)c1)[C@H]1Cc4ccc(O)c5c4[C@@]3(CCN1CC1CC1)[C@H]2O5. The molecule has 2 spiro atoms. The molecule has 2 aromatic rings. The minimum atomic E-state index is -1.15. The molecule has 9 rings (SSSR count). The molecule has 37 heavy (non-hydrogen) atoms. The Morgan fingerprint density at radius 3 is 2.78 bits per heavy atom. The molecule has 5 fully saturated rings. The van der Waals surface area contributed by atoms with Crippen molar-refractivity contribution >= 4 is 11.6 Å². The van der Waals surface area contributed by atoms with Gasteiger partial charge in [-0.25, -0.2) is 0 Å². The van der Waals surface area contributed by atoms with Crippen LogP contribution in [-0.4, -0.2) is 53.1 Å². The second-order valence-corrected chi connectivity index (χ2v) is 13.5. The van der Waals surface area contributed by atoms with E-state index >= 15 is 0 Å². The summed E-state index contributed by atoms with van der Waals surface area (Å²) in [5, 5.41) is 24.1. The fourth-order valence-corrected chi connectivity index (χ4v) is 10.3. The first kappa shape index (κ1) is 23.1. The maximum Gasteiger partial charge on any atom is 0.165 e. The number of aromatic hydroxyl groups is 1. The molecule has 5 nitrogen and oxygen atoms in total. The number of halogens is 1. The van der Waals surface area contributed by atoms with Crippen molar-refractivity contribution in [3.05, 3.63) is 58.1 Å². The first-order valence-electron chi connectivity index (χ1n) is 14.1. The third kappa shape index (κ3) is 2.63. The lowest BCUT2D eigenvalue weighted by molar-refractivity contribution is -0.304. The largest absolute Gasteiger partial charge is 0.504 e. The highest BCUT2D eigenvalue weighted by molar-refractivity contribution is 6.30. The van der Waals surface area contributed by atoms with E-state index < -0.39 is 11.2 Å². The molecule has 2 N–H and O–H groups in total. The molecule has 7 aliphatic rings. The van der Waals surface area contributed by atoms with Gasteiger partial charge in [-0.3, -0.25) is 4.90 Å². The zero-order chi connectivity index (χ0) is 25.4. The highest BCUT2D eigenvalue weighted by Crippen LogP contribution is 2.78. The van der Waals surface area contributed by atoms with Crippen LogP contribution >= 0.6 is 11.6 Å². The lowest BCUT2D eigenvalue weighted by atomic mass is 9.33. The van der Waals surface area contributed by atoms with E-state index in [2.05, 4.69) is 11.0 Å². The Morgan fingerprint density at radius 1 is 1.19 bits per heavy atom. The van der Waals surface area contributed by atoms with Crippen molar-refractivity contribution in [3.63, 3.8) is 0 Å². The van der Waals surface area contributed by atoms with Gasteiger partial charge in [-0.2, -0.15) is 0 Å². The number of ether oxygens (including phenoxy) is 2. The maximum absolute atomic E-state index is 12.4. The monoisotopic (exact) mass is 521 g/mol. The van der Waals surface area contributed by atoms with Crippen molar-refractivity contribution < 1.29 is 19.7 Å². The van der Waals surface area contributed by atoms with Crippen LogP contribution in [0.2, 0.25) is 5.02 Å². The first-order valence-corrected chi connectivity index (χ1v) is 14.4. The van der Waals surface area contributed by atoms with Crippen molar-refractivity contribution in [2.45, 2.75) is 80.6 Å². The zero-order valence-corrected chi connectivity index (χ0v) is 22.4. The lowest BCUT2D eigenvalue weighted by Gasteiger charge is -2.75. The van der Waals surface area contributed by atoms with Gasteiger partial charge in [0.25, 0.3) is 0 Å². The molecule has 4 saturated carbocycles. The van der Waals surface area contributed by atoms with Crippen LogP contribution in [0.1, 0.15) is 62.1 Å². The van der Waals surface area contributed by atoms with Crippen molar-refractivity contribution in [2.24, 2.45) is 17.3 Å². The number of methoxy groups -OCH3 is 1. The molecule has 1 saturated heterocycles. The van der Waals surface area contributed by atoms with Gasteiger partial charge in [0.2, 0.25) is 0 Å². The third-order valence-corrected chi connectivity index (χ3v) is 12.0. The number of fused-ring (bicyclic) bond motifs is 2. The van der Waals surface area contributed by atoms with Crippen LogP contribution in [0.25, 0.3) is 0 Å². The molecular weight excluding hydrogens is 486 g/mol. The van der Waals surface area contributed by atoms with Gasteiger partial charge in [-0.15, -0.1) is 0 Å². The Bertz CT molecular complexity index is 1310. The highest BCUT2D eigenvalue weighted by atomic mass is 35.5. The van der Waals surface area contributed by atoms with Gasteiger partial charge in [-0.05, 0) is 93.7 Å². The van der Waals surface area contributed by atoms with Crippen molar-refractivity contribution in [3.8, 4) is 11.5 Å². The van der Waals surface area contributed by atoms with E-state index in [9.17, 15) is 10.2 Å². The van der Waals surface area contributed by atoms with Gasteiger partial charge < -0.3 is 19.7 Å². The lowest BCUT2D eigenvalue weighted by Crippen LogP contribution is -2.82. The number of benzene rings is 2. The summed E-state index contributed by atoms with van der Waals surface area (Å²) in [6.45, 7) is 4.19. The molecule has 2 heterocycles. The number of piperidine rings is 1. The summed E-state index contributed by atoms with van der Waals surface area (Å²) < 4.78 is 13.5. The maximum atomic E-state index is 12.4. The summed E-state index contributed by atoms with van der Waals surface area (Å²) in [6, 6.07) is 12.0. The Hall–Kier alpha value is -1.79. The molecule has 6 heteroatoms. The average molecular weight is 522 g/mol. The number of hydrogen-bond donors (Lipinski definition) is 2. The number of phenols is 1. The van der Waals surface area contributed by atoms with Crippen molar-refractivity contribution in [1.82, 2.24) is 4.90 Å². The zero-order valence-electron chi connectivity index (χ0n) is 21.7. The van der Waals surface area contributed by atoms with Crippen LogP contribution < -0.4 is 4.74 Å². The van der Waals surface area contributed by atoms with E-state index in [1.807, 2.05) is 37.3 Å². The fourth-order valence-electron chi connectivity index (χ4n) is 10.1. The fraction of sp³-hybridized carbons (Fsp3) is 0.613. The number of hydrogen-bond acceptors (Lipinski definition) is 5. The average Bonchev–Trinajstić information content (AvgIpc) is 3.63. The van der Waals surface area contributed by atoms with Crippen LogP contribution in [0.4, 0.5) is 0 Å². The Kier molecular flexibility index (Phi) is 4.52. The van der Waals surface area contributed by atoms with E-state index in [1.165, 1.54) is 30.5 Å². The highest BCUT2D eigenvalue weighted by Gasteiger charge is 2.82. The molecule has 0 aromatic heterocycles. The van der Waals surface area contributed by atoms with Gasteiger partial charge in [0.15, 0.2) is 11.5 Å². The predicted octanol–water partition coefficient (Wildman–Crippen LogP) is 5.18. The number of aliphatic hydroxyl groups is 1. The van der Waals surface area contributed by atoms with Crippen LogP contribution in [0.5, 0.6) is 11.5 Å². The van der Waals surface area contributed by atoms with E-state index in [0.29, 0.717) is 16.8 Å². The summed E-state index contributed by atoms with van der Waals surface area (Å²) in [5.74, 6) is 1.57. The summed E-state index contributed by atoms with van der Waals surface area (Å²) in [4.78, 5) is 2.80. The Balaban J connectivity index is 1.35. The number of rotatable bonds is 5. The third-order valence-electron chi connectivity index (χ3n) is 11.7. The summed E-state index contributed by atoms with van der Waals surface area (Å²) in [6.07, 6.45) is 7.23. The van der Waals surface area contributed by atoms with E-state index in [0.717, 1.165) is 50.1 Å². The quantitative estimate of drug-likeness (QED) is 0.568. The number of likely N-dealkylation sites (tertiary alicyclic amines) is 1. The number of phenolic OH excluding ortho intramolecular Hbond substituents is 1. The standard InChI is InChI=1S/C31H36ClNO4/c1-28(35,20-4-3-5-21(32)15-20)23-16-29-10-11-31(23,36-2)27-30(29)12-13-33(17-18-6-7-18)24(29)14-19-8-9-22(34)26(37-27)25(19)30/h3-5,8-9,15,18,23-24,27,34-35H,6-7,10-14,16-17H2,1-2H3/t23-,24-,27-,28-,29-,30+,31-/m1/s1. The summed E-state index contributed by atoms with van der Waals surface area (Å²) in [7, 11) is 1.80. The normalized spacial score (nSPS) is 40.7. The van der Waals surface area contributed by atoms with E-state index in [1.54, 1.807) is 7.11 Å². The molecule has 0 unspecified atom stereocenters. The van der Waals surface area contributed by atoms with Gasteiger partial charge in [0.1, 0.15) is 11.7 Å². The Labute approximate surface area is 223 Å². The molecule has 2 aliphatic heterocycles. The van der Waals surface area contributed by atoms with Crippen LogP contribution in [-0.2, 0) is 22.2 Å². The minimum absolute atomic E-state index is 0.0373. The second kappa shape index (κ2) is 7.24. The summed E-state index contributed by atoms with van der Waals surface area (Å²) >= 11 is 6.42. The summed E-state index contributed by atoms with van der Waals surface area (Å²) in [5.41, 5.74) is 1.36. The van der Waals surface area contributed by atoms with Gasteiger partial charge in [0, 0.05) is 47.0 Å². The topological polar surface area (TPSA) is 62.2 Å². The van der Waals surface area contributed by atoms with Gasteiger partial charge >= 0.3 is 0 Å². The predicted molar refractivity (Wildman–Crippen MR) is 141 cm³/mol. The molecule has 0 amide bonds. The molecule has 7 atom stereocenters. The van der Waals surface area contributed by atoms with Crippen molar-refractivity contribution in [2.75, 3.05) is 20.2 Å². The smallest absolute Gasteiger partial charge is 0.165 e. The second-order valence-electron chi connectivity index (χ2n) is 13.1. The van der Waals surface area contributed by atoms with E-state index in [4.69, 9.17) is 21.1 Å². The van der Waals surface area contributed by atoms with Crippen LogP contribution in [0.15, 0.2) is 36.4 Å². The van der Waals surface area contributed by atoms with Gasteiger partial charge in [0.05, 0.1) is 5.60 Å². The van der Waals surface area contributed by atoms with Crippen molar-refractivity contribution in [1.29, 1.82) is 0 Å². The molecule has 0 radical (unpaired) electrons. The molecule has 5 aliphatic carbocycles. The van der Waals surface area contributed by atoms with Crippen LogP contribution in [0.3, 0.4) is 0 Å².